The molecule has 0 bridgehead atoms. The van der Waals surface area contributed by atoms with Gasteiger partial charge in [0, 0.05) is 12.1 Å². The molecule has 0 aromatic heterocycles. The van der Waals surface area contributed by atoms with Crippen LogP contribution in [0.5, 0.6) is 17.2 Å². The number of hydrogen-bond donors (Lipinski definition) is 1. The van der Waals surface area contributed by atoms with E-state index in [1.54, 1.807) is 19.2 Å². The standard InChI is InChI=1S/C19H23NO4/c1-5-15(13-9-7-6-8-10-13)20-19(21)14-11-17(23-3)18(24-4)12-16(14)22-2/h6-12,15H,5H2,1-4H3,(H,20,21)/t15-/m1/s1. The van der Waals surface area contributed by atoms with Crippen LogP contribution in [-0.4, -0.2) is 27.2 Å². The number of amides is 1. The minimum atomic E-state index is -0.219. The van der Waals surface area contributed by atoms with Gasteiger partial charge in [-0.15, -0.1) is 0 Å². The van der Waals surface area contributed by atoms with Crippen molar-refractivity contribution >= 4 is 5.91 Å². The zero-order valence-corrected chi connectivity index (χ0v) is 14.5. The summed E-state index contributed by atoms with van der Waals surface area (Å²) in [5.41, 5.74) is 1.47. The fourth-order valence-electron chi connectivity index (χ4n) is 2.55. The van der Waals surface area contributed by atoms with Gasteiger partial charge in [-0.05, 0) is 12.0 Å². The lowest BCUT2D eigenvalue weighted by Crippen LogP contribution is -2.28. The van der Waals surface area contributed by atoms with Crippen molar-refractivity contribution in [2.75, 3.05) is 21.3 Å². The van der Waals surface area contributed by atoms with E-state index < -0.39 is 0 Å². The Labute approximate surface area is 142 Å². The second-order valence-corrected chi connectivity index (χ2v) is 5.25. The van der Waals surface area contributed by atoms with Crippen molar-refractivity contribution in [3.8, 4) is 17.2 Å². The molecule has 0 aliphatic carbocycles. The lowest BCUT2D eigenvalue weighted by atomic mass is 10.0. The smallest absolute Gasteiger partial charge is 0.255 e. The van der Waals surface area contributed by atoms with Gasteiger partial charge in [0.15, 0.2) is 11.5 Å². The summed E-state index contributed by atoms with van der Waals surface area (Å²) in [4.78, 5) is 12.7. The Morgan fingerprint density at radius 2 is 1.54 bits per heavy atom. The first-order chi connectivity index (χ1) is 11.6. The molecule has 0 spiro atoms. The lowest BCUT2D eigenvalue weighted by Gasteiger charge is -2.19. The third kappa shape index (κ3) is 3.79. The van der Waals surface area contributed by atoms with E-state index >= 15 is 0 Å². The molecule has 1 N–H and O–H groups in total. The van der Waals surface area contributed by atoms with Gasteiger partial charge in [0.25, 0.3) is 5.91 Å². The van der Waals surface area contributed by atoms with Crippen LogP contribution >= 0.6 is 0 Å². The van der Waals surface area contributed by atoms with Crippen LogP contribution in [0.4, 0.5) is 0 Å². The molecule has 0 heterocycles. The van der Waals surface area contributed by atoms with Gasteiger partial charge in [-0.3, -0.25) is 4.79 Å². The molecule has 2 aromatic rings. The molecule has 2 aromatic carbocycles. The highest BCUT2D eigenvalue weighted by molar-refractivity contribution is 5.98. The first-order valence-electron chi connectivity index (χ1n) is 7.80. The number of carbonyl (C=O) groups excluding carboxylic acids is 1. The topological polar surface area (TPSA) is 56.8 Å². The highest BCUT2D eigenvalue weighted by Crippen LogP contribution is 2.34. The number of hydrogen-bond acceptors (Lipinski definition) is 4. The summed E-state index contributed by atoms with van der Waals surface area (Å²) in [6.07, 6.45) is 0.783. The van der Waals surface area contributed by atoms with Gasteiger partial charge < -0.3 is 19.5 Å². The number of ether oxygens (including phenoxy) is 3. The van der Waals surface area contributed by atoms with Gasteiger partial charge in [-0.2, -0.15) is 0 Å². The second-order valence-electron chi connectivity index (χ2n) is 5.25. The molecule has 24 heavy (non-hydrogen) atoms. The lowest BCUT2D eigenvalue weighted by molar-refractivity contribution is 0.0932. The van der Waals surface area contributed by atoms with Crippen molar-refractivity contribution < 1.29 is 19.0 Å². The van der Waals surface area contributed by atoms with Crippen LogP contribution in [0.15, 0.2) is 42.5 Å². The molecular formula is C19H23NO4. The highest BCUT2D eigenvalue weighted by atomic mass is 16.5. The largest absolute Gasteiger partial charge is 0.496 e. The molecule has 1 amide bonds. The monoisotopic (exact) mass is 329 g/mol. The van der Waals surface area contributed by atoms with E-state index in [9.17, 15) is 4.79 Å². The molecule has 5 heteroatoms. The Morgan fingerprint density at radius 1 is 0.958 bits per heavy atom. The van der Waals surface area contributed by atoms with E-state index in [0.717, 1.165) is 12.0 Å². The maximum atomic E-state index is 12.7. The molecule has 0 aliphatic rings. The molecule has 0 saturated heterocycles. The molecule has 5 nitrogen and oxygen atoms in total. The van der Waals surface area contributed by atoms with Crippen LogP contribution in [-0.2, 0) is 0 Å². The number of carbonyl (C=O) groups is 1. The third-order valence-corrected chi connectivity index (χ3v) is 3.87. The van der Waals surface area contributed by atoms with Crippen molar-refractivity contribution in [2.45, 2.75) is 19.4 Å². The number of nitrogens with one attached hydrogen (secondary N) is 1. The van der Waals surface area contributed by atoms with E-state index in [1.807, 2.05) is 37.3 Å². The van der Waals surface area contributed by atoms with Crippen LogP contribution in [0.3, 0.4) is 0 Å². The SMILES string of the molecule is CC[C@@H](NC(=O)c1cc(OC)c(OC)cc1OC)c1ccccc1. The van der Waals surface area contributed by atoms with Crippen LogP contribution in [0.1, 0.15) is 35.3 Å². The van der Waals surface area contributed by atoms with Gasteiger partial charge in [0.05, 0.1) is 32.9 Å². The number of rotatable bonds is 7. The average molecular weight is 329 g/mol. The summed E-state index contributed by atoms with van der Waals surface area (Å²) in [7, 11) is 4.59. The summed E-state index contributed by atoms with van der Waals surface area (Å²) in [6.45, 7) is 2.03. The first kappa shape index (κ1) is 17.7. The molecule has 0 saturated carbocycles. The summed E-state index contributed by atoms with van der Waals surface area (Å²) >= 11 is 0. The van der Waals surface area contributed by atoms with Gasteiger partial charge in [-0.1, -0.05) is 37.3 Å². The maximum absolute atomic E-state index is 12.7. The normalized spacial score (nSPS) is 11.5. The molecule has 0 aliphatic heterocycles. The van der Waals surface area contributed by atoms with E-state index in [0.29, 0.717) is 22.8 Å². The van der Waals surface area contributed by atoms with Crippen LogP contribution < -0.4 is 19.5 Å². The quantitative estimate of drug-likeness (QED) is 0.843. The Morgan fingerprint density at radius 3 is 2.08 bits per heavy atom. The van der Waals surface area contributed by atoms with Crippen LogP contribution in [0.2, 0.25) is 0 Å². The molecule has 128 valence electrons. The number of benzene rings is 2. The molecule has 2 rings (SSSR count). The van der Waals surface area contributed by atoms with E-state index in [2.05, 4.69) is 5.32 Å². The predicted octanol–water partition coefficient (Wildman–Crippen LogP) is 3.59. The third-order valence-electron chi connectivity index (χ3n) is 3.87. The van der Waals surface area contributed by atoms with Gasteiger partial charge in [-0.25, -0.2) is 0 Å². The summed E-state index contributed by atoms with van der Waals surface area (Å²) in [5, 5.41) is 3.05. The van der Waals surface area contributed by atoms with Crippen molar-refractivity contribution in [3.05, 3.63) is 53.6 Å². The highest BCUT2D eigenvalue weighted by Gasteiger charge is 2.20. The van der Waals surface area contributed by atoms with Gasteiger partial charge >= 0.3 is 0 Å². The molecule has 1 atom stereocenters. The van der Waals surface area contributed by atoms with Crippen LogP contribution in [0.25, 0.3) is 0 Å². The summed E-state index contributed by atoms with van der Waals surface area (Å²) < 4.78 is 15.9. The van der Waals surface area contributed by atoms with Gasteiger partial charge in [0.1, 0.15) is 5.75 Å². The fraction of sp³-hybridized carbons (Fsp3) is 0.316. The molecule has 0 unspecified atom stereocenters. The van der Waals surface area contributed by atoms with Gasteiger partial charge in [0.2, 0.25) is 0 Å². The van der Waals surface area contributed by atoms with Crippen molar-refractivity contribution in [3.63, 3.8) is 0 Å². The van der Waals surface area contributed by atoms with Crippen LogP contribution in [0, 0.1) is 0 Å². The van der Waals surface area contributed by atoms with Crippen molar-refractivity contribution in [2.24, 2.45) is 0 Å². The Balaban J connectivity index is 2.31. The Bertz CT molecular complexity index is 685. The summed E-state index contributed by atoms with van der Waals surface area (Å²) in [6, 6.07) is 13.1. The molecular weight excluding hydrogens is 306 g/mol. The minimum absolute atomic E-state index is 0.0727. The zero-order valence-electron chi connectivity index (χ0n) is 14.5. The van der Waals surface area contributed by atoms with E-state index in [-0.39, 0.29) is 11.9 Å². The zero-order chi connectivity index (χ0) is 17.5. The average Bonchev–Trinajstić information content (AvgIpc) is 2.65. The predicted molar refractivity (Wildman–Crippen MR) is 93.0 cm³/mol. The van der Waals surface area contributed by atoms with Crippen molar-refractivity contribution in [1.82, 2.24) is 5.32 Å². The van der Waals surface area contributed by atoms with E-state index in [1.165, 1.54) is 14.2 Å². The number of methoxy groups -OCH3 is 3. The molecule has 0 fully saturated rings. The van der Waals surface area contributed by atoms with Crippen molar-refractivity contribution in [1.29, 1.82) is 0 Å². The summed E-state index contributed by atoms with van der Waals surface area (Å²) in [5.74, 6) is 1.22. The fourth-order valence-corrected chi connectivity index (χ4v) is 2.55. The first-order valence-corrected chi connectivity index (χ1v) is 7.80. The van der Waals surface area contributed by atoms with E-state index in [4.69, 9.17) is 14.2 Å². The Hall–Kier alpha value is -2.69. The molecule has 0 radical (unpaired) electrons. The minimum Gasteiger partial charge on any atom is -0.496 e. The second kappa shape index (κ2) is 8.24. The Kier molecular flexibility index (Phi) is 6.07. The maximum Gasteiger partial charge on any atom is 0.255 e.